The van der Waals surface area contributed by atoms with Crippen LogP contribution in [0.4, 0.5) is 16.5 Å². The summed E-state index contributed by atoms with van der Waals surface area (Å²) in [4.78, 5) is 42.0. The van der Waals surface area contributed by atoms with Gasteiger partial charge in [-0.05, 0) is 135 Å². The Labute approximate surface area is 535 Å². The van der Waals surface area contributed by atoms with Gasteiger partial charge in [0.15, 0.2) is 5.13 Å². The number of para-hydroxylation sites is 3. The van der Waals surface area contributed by atoms with Gasteiger partial charge in [0, 0.05) is 78.5 Å². The summed E-state index contributed by atoms with van der Waals surface area (Å²) in [5.74, 6) is -0.175. The largest absolute Gasteiger partial charge is 0.491 e. The number of ether oxygens (including phenoxy) is 3. The number of imidazole rings is 4. The lowest BCUT2D eigenvalue weighted by atomic mass is 9.97. The number of rotatable bonds is 16. The van der Waals surface area contributed by atoms with E-state index < -0.39 is 5.79 Å². The second-order valence-corrected chi connectivity index (χ2v) is 24.5. The Balaban J connectivity index is 0.000000132. The van der Waals surface area contributed by atoms with Crippen LogP contribution in [0.3, 0.4) is 0 Å². The number of fused-ring (bicyclic) bond motifs is 3. The van der Waals surface area contributed by atoms with Gasteiger partial charge in [-0.15, -0.1) is 0 Å². The second kappa shape index (κ2) is 27.4. The van der Waals surface area contributed by atoms with Crippen molar-refractivity contribution in [2.24, 2.45) is 0 Å². The van der Waals surface area contributed by atoms with Crippen molar-refractivity contribution in [1.29, 1.82) is 0 Å². The number of carbonyl (C=O) groups excluding carboxylic acids is 1. The van der Waals surface area contributed by atoms with Crippen molar-refractivity contribution in [2.75, 3.05) is 63.7 Å². The number of anilines is 3. The molecule has 2 aliphatic heterocycles. The Kier molecular flexibility index (Phi) is 18.7. The minimum Gasteiger partial charge on any atom is -0.491 e. The predicted octanol–water partition coefficient (Wildman–Crippen LogP) is 13.6. The smallest absolute Gasteiger partial charge is 0.241 e. The summed E-state index contributed by atoms with van der Waals surface area (Å²) in [6, 6.07) is 53.1. The molecular formula is C68H67Cl3N13O4S+. The molecule has 5 atom stereocenters. The highest BCUT2D eigenvalue weighted by Crippen LogP contribution is 2.40. The third-order valence-electron chi connectivity index (χ3n) is 16.2. The minimum atomic E-state index is -1.06. The molecule has 17 nitrogen and oxygen atoms in total. The highest BCUT2D eigenvalue weighted by molar-refractivity contribution is 7.22. The number of benzene rings is 7. The summed E-state index contributed by atoms with van der Waals surface area (Å²) in [7, 11) is 4.22. The van der Waals surface area contributed by atoms with E-state index in [2.05, 4.69) is 130 Å². The Hall–Kier alpha value is -8.59. The fourth-order valence-corrected chi connectivity index (χ4v) is 13.0. The van der Waals surface area contributed by atoms with E-state index in [4.69, 9.17) is 49.0 Å². The summed E-state index contributed by atoms with van der Waals surface area (Å²) in [5.41, 5.74) is 11.4. The molecule has 4 unspecified atom stereocenters. The van der Waals surface area contributed by atoms with E-state index in [0.717, 1.165) is 97.7 Å². The number of amides is 1. The minimum absolute atomic E-state index is 0.0335. The van der Waals surface area contributed by atoms with Gasteiger partial charge in [-0.2, -0.15) is 0 Å². The molecule has 7 aromatic carbocycles. The molecule has 2 saturated heterocycles. The second-order valence-electron chi connectivity index (χ2n) is 22.2. The summed E-state index contributed by atoms with van der Waals surface area (Å²) in [6.45, 7) is 8.10. The highest BCUT2D eigenvalue weighted by atomic mass is 35.5. The first-order valence-electron chi connectivity index (χ1n) is 29.3. The maximum absolute atomic E-state index is 11.6. The van der Waals surface area contributed by atoms with Crippen LogP contribution in [0.1, 0.15) is 48.2 Å². The maximum Gasteiger partial charge on any atom is 0.241 e. The molecule has 14 rings (SSSR count). The number of aromatic nitrogens is 9. The molecule has 0 aliphatic carbocycles. The Bertz CT molecular complexity index is 4250. The number of aromatic amines is 2. The lowest BCUT2D eigenvalue weighted by Crippen LogP contribution is -2.48. The van der Waals surface area contributed by atoms with E-state index in [1.807, 2.05) is 144 Å². The van der Waals surface area contributed by atoms with Crippen LogP contribution in [0.2, 0.25) is 15.1 Å². The van der Waals surface area contributed by atoms with Gasteiger partial charge in [0.2, 0.25) is 18.0 Å². The zero-order valence-corrected chi connectivity index (χ0v) is 52.6. The van der Waals surface area contributed by atoms with Crippen LogP contribution >= 0.6 is 46.1 Å². The summed E-state index contributed by atoms with van der Waals surface area (Å²) in [5, 5.41) is 6.10. The van der Waals surface area contributed by atoms with Crippen LogP contribution < -0.4 is 19.5 Å². The molecule has 0 bridgehead atoms. The molecule has 0 spiro atoms. The van der Waals surface area contributed by atoms with Gasteiger partial charge in [-0.25, -0.2) is 24.5 Å². The molecule has 5 aromatic heterocycles. The zero-order valence-electron chi connectivity index (χ0n) is 49.5. The van der Waals surface area contributed by atoms with Crippen molar-refractivity contribution in [2.45, 2.75) is 50.4 Å². The molecule has 0 radical (unpaired) electrons. The number of nitrogens with one attached hydrogen (secondary N) is 3. The van der Waals surface area contributed by atoms with Crippen LogP contribution in [0, 0.1) is 0 Å². The number of H-pyrrole nitrogens is 2. The molecule has 89 heavy (non-hydrogen) atoms. The molecule has 7 heterocycles. The van der Waals surface area contributed by atoms with Crippen molar-refractivity contribution in [3.63, 3.8) is 0 Å². The average molecular weight is 1270 g/mol. The topological polar surface area (TPSA) is 163 Å². The van der Waals surface area contributed by atoms with Crippen LogP contribution in [0.15, 0.2) is 208 Å². The highest BCUT2D eigenvalue weighted by Gasteiger charge is 2.47. The van der Waals surface area contributed by atoms with Gasteiger partial charge in [-0.3, -0.25) is 9.78 Å². The number of piperazine rings is 1. The molecular weight excluding hydrogens is 1200 g/mol. The zero-order chi connectivity index (χ0) is 61.4. The van der Waals surface area contributed by atoms with Crippen molar-refractivity contribution < 1.29 is 23.6 Å². The van der Waals surface area contributed by atoms with Gasteiger partial charge in [-0.1, -0.05) is 107 Å². The van der Waals surface area contributed by atoms with E-state index in [1.54, 1.807) is 36.7 Å². The molecule has 1 amide bonds. The van der Waals surface area contributed by atoms with E-state index in [1.165, 1.54) is 10.3 Å². The number of thiazole rings is 1. The molecule has 2 fully saturated rings. The predicted molar refractivity (Wildman–Crippen MR) is 354 cm³/mol. The standard InChI is InChI=1S/C26H28Cl2N4O4.C21H15ClN4.C21H23N5S/c1-19(33)31-10-12-32(13-11-31)21-3-5-22(6-4-21)34-15-23-16-35-26(36-23,17-30-9-8-29-18-30)24-7-2-20(27)14-25(24)28;22-16-5-3-4-14(10-16)21(15-8-9-17-19(11-15)24-12-23-17)26-13-25-18-6-1-2-7-20(18)26;1-15(25(2)3)20(26-13-12-22-14-26)16-8-10-17(11-9-16)23-21-24-18-6-4-5-7-19(18)27-21/h2-9,14,18,23H,10-13,15-17H2,1H3;1-13,21H,(H,23,24);4-15,20H,1-3H3,(H,23,24)/p+1/t23-,26?;;/m1../s1. The van der Waals surface area contributed by atoms with Crippen LogP contribution in [0.5, 0.6) is 5.75 Å². The molecule has 2 aliphatic rings. The lowest BCUT2D eigenvalue weighted by molar-refractivity contribution is -0.719. The normalized spacial score (nSPS) is 16.8. The molecule has 0 saturated carbocycles. The van der Waals surface area contributed by atoms with Gasteiger partial charge in [0.1, 0.15) is 37.4 Å². The third kappa shape index (κ3) is 14.1. The fraction of sp³-hybridized carbons (Fsp3) is 0.235. The van der Waals surface area contributed by atoms with Crippen molar-refractivity contribution in [3.8, 4) is 5.75 Å². The van der Waals surface area contributed by atoms with Gasteiger partial charge in [0.25, 0.3) is 0 Å². The van der Waals surface area contributed by atoms with Gasteiger partial charge in [0.05, 0.1) is 75.0 Å². The average Bonchev–Trinajstić information content (AvgIpc) is 2.25. The van der Waals surface area contributed by atoms with E-state index in [0.29, 0.717) is 35.8 Å². The number of nitrogens with zero attached hydrogens (tertiary/aromatic N) is 10. The summed E-state index contributed by atoms with van der Waals surface area (Å²) < 4.78 is 26.2. The number of hydrogen-bond acceptors (Lipinski definition) is 12. The molecule has 12 aromatic rings. The molecule has 21 heteroatoms. The number of likely N-dealkylation sites (N-methyl/N-ethyl adjacent to an activating group) is 1. The van der Waals surface area contributed by atoms with E-state index in [-0.39, 0.29) is 24.1 Å². The van der Waals surface area contributed by atoms with Gasteiger partial charge < -0.3 is 48.3 Å². The van der Waals surface area contributed by atoms with Crippen LogP contribution in [-0.4, -0.2) is 120 Å². The van der Waals surface area contributed by atoms with Gasteiger partial charge >= 0.3 is 0 Å². The monoisotopic (exact) mass is 1270 g/mol. The van der Waals surface area contributed by atoms with E-state index >= 15 is 0 Å². The Morgan fingerprint density at radius 3 is 2.31 bits per heavy atom. The Morgan fingerprint density at radius 1 is 0.820 bits per heavy atom. The van der Waals surface area contributed by atoms with Crippen LogP contribution in [-0.2, 0) is 26.6 Å². The number of carbonyl (C=O) groups is 1. The fourth-order valence-electron chi connectivity index (χ4n) is 11.4. The number of halogens is 3. The first-order valence-corrected chi connectivity index (χ1v) is 31.3. The Morgan fingerprint density at radius 2 is 1.58 bits per heavy atom. The summed E-state index contributed by atoms with van der Waals surface area (Å²) in [6.07, 6.45) is 14.7. The molecule has 3 N–H and O–H groups in total. The molecule has 454 valence electrons. The SMILES string of the molecule is CC(=O)N1CCN(c2ccc(OC[C@@H]3COC(C[n+]4cc[nH]c4)(c4ccc(Cl)cc4Cl)O3)cc2)CC1.CC(C(c1ccc(Nc2nc3ccccc3s2)cc1)n1ccnc1)N(C)C.Clc1cccc(C(c2ccc3nc[nH]c3c2)n2cnc3ccccc32)c1. The summed E-state index contributed by atoms with van der Waals surface area (Å²) >= 11 is 20.6. The van der Waals surface area contributed by atoms with Crippen molar-refractivity contribution >= 4 is 101 Å². The quantitative estimate of drug-likeness (QED) is 0.0789. The lowest BCUT2D eigenvalue weighted by Gasteiger charge is -2.35. The van der Waals surface area contributed by atoms with E-state index in [9.17, 15) is 4.79 Å². The van der Waals surface area contributed by atoms with Crippen LogP contribution in [0.25, 0.3) is 32.3 Å². The van der Waals surface area contributed by atoms with Crippen molar-refractivity contribution in [3.05, 3.63) is 245 Å². The third-order valence-corrected chi connectivity index (χ3v) is 17.9. The van der Waals surface area contributed by atoms with Crippen molar-refractivity contribution in [1.82, 2.24) is 48.8 Å². The number of hydrogen-bond donors (Lipinski definition) is 3. The first-order chi connectivity index (χ1) is 43.3. The maximum atomic E-state index is 11.6. The first kappa shape index (κ1) is 60.7.